The first kappa shape index (κ1) is 22.0. The molecule has 1 aliphatic heterocycles. The Bertz CT molecular complexity index is 889. The van der Waals surface area contributed by atoms with Crippen LogP contribution in [0.2, 0.25) is 0 Å². The summed E-state index contributed by atoms with van der Waals surface area (Å²) in [5, 5.41) is 6.31. The van der Waals surface area contributed by atoms with Crippen molar-refractivity contribution in [1.29, 1.82) is 0 Å². The predicted octanol–water partition coefficient (Wildman–Crippen LogP) is 3.40. The lowest BCUT2D eigenvalue weighted by Gasteiger charge is -2.25. The average molecular weight is 409 g/mol. The number of benzene rings is 2. The molecule has 2 aromatic rings. The zero-order valence-corrected chi connectivity index (χ0v) is 18.2. The van der Waals surface area contributed by atoms with Gasteiger partial charge in [0.25, 0.3) is 5.91 Å². The smallest absolute Gasteiger partial charge is 0.257 e. The summed E-state index contributed by atoms with van der Waals surface area (Å²) >= 11 is 0. The minimum atomic E-state index is -0.162. The van der Waals surface area contributed by atoms with E-state index in [-0.39, 0.29) is 5.91 Å². The van der Waals surface area contributed by atoms with Crippen molar-refractivity contribution in [3.8, 4) is 0 Å². The number of hydrogen-bond acceptors (Lipinski definition) is 4. The van der Waals surface area contributed by atoms with Gasteiger partial charge in [-0.1, -0.05) is 31.2 Å². The summed E-state index contributed by atoms with van der Waals surface area (Å²) in [5.74, 6) is 0.317. The molecule has 0 aliphatic carbocycles. The van der Waals surface area contributed by atoms with Crippen molar-refractivity contribution >= 4 is 17.6 Å². The van der Waals surface area contributed by atoms with E-state index in [2.05, 4.69) is 33.5 Å². The van der Waals surface area contributed by atoms with Gasteiger partial charge in [-0.15, -0.1) is 0 Å². The van der Waals surface area contributed by atoms with Crippen LogP contribution in [0.1, 0.15) is 34.0 Å². The molecule has 1 heterocycles. The zero-order chi connectivity index (χ0) is 21.3. The molecule has 160 valence electrons. The summed E-state index contributed by atoms with van der Waals surface area (Å²) in [4.78, 5) is 19.9. The van der Waals surface area contributed by atoms with Crippen LogP contribution in [0.4, 0.5) is 5.69 Å². The fraction of sp³-hybridized carbons (Fsp3) is 0.417. The third kappa shape index (κ3) is 6.15. The molecule has 1 saturated heterocycles. The summed E-state index contributed by atoms with van der Waals surface area (Å²) < 4.78 is 5.40. The maximum Gasteiger partial charge on any atom is 0.257 e. The Kier molecular flexibility index (Phi) is 7.99. The molecule has 0 spiro atoms. The fourth-order valence-corrected chi connectivity index (χ4v) is 3.38. The van der Waals surface area contributed by atoms with Gasteiger partial charge in [0.2, 0.25) is 5.96 Å². The number of nitrogens with zero attached hydrogens (tertiary/aromatic N) is 2. The van der Waals surface area contributed by atoms with E-state index < -0.39 is 0 Å². The van der Waals surface area contributed by atoms with E-state index in [1.165, 1.54) is 11.1 Å². The first-order valence-corrected chi connectivity index (χ1v) is 10.6. The van der Waals surface area contributed by atoms with Crippen molar-refractivity contribution in [3.63, 3.8) is 0 Å². The summed E-state index contributed by atoms with van der Waals surface area (Å²) in [6.45, 7) is 11.0. The Morgan fingerprint density at radius 3 is 2.60 bits per heavy atom. The van der Waals surface area contributed by atoms with Crippen LogP contribution in [0.15, 0.2) is 47.5 Å². The molecule has 1 fully saturated rings. The number of guanidine groups is 1. The molecule has 1 amide bonds. The van der Waals surface area contributed by atoms with Gasteiger partial charge >= 0.3 is 0 Å². The molecular formula is C24H32N4O2. The molecule has 3 rings (SSSR count). The normalized spacial score (nSPS) is 15.1. The second-order valence-electron chi connectivity index (χ2n) is 7.57. The van der Waals surface area contributed by atoms with Gasteiger partial charge in [0, 0.05) is 30.9 Å². The third-order valence-electron chi connectivity index (χ3n) is 5.44. The molecule has 0 bridgehead atoms. The number of morpholine rings is 1. The van der Waals surface area contributed by atoms with E-state index in [0.29, 0.717) is 18.1 Å². The van der Waals surface area contributed by atoms with Crippen molar-refractivity contribution in [2.45, 2.75) is 27.2 Å². The highest BCUT2D eigenvalue weighted by Gasteiger charge is 2.13. The lowest BCUT2D eigenvalue weighted by Crippen LogP contribution is -2.39. The van der Waals surface area contributed by atoms with E-state index in [4.69, 9.17) is 4.74 Å². The minimum absolute atomic E-state index is 0.162. The molecule has 0 unspecified atom stereocenters. The predicted molar refractivity (Wildman–Crippen MR) is 122 cm³/mol. The van der Waals surface area contributed by atoms with Gasteiger partial charge in [-0.25, -0.2) is 0 Å². The number of anilines is 1. The molecule has 2 aromatic carbocycles. The monoisotopic (exact) mass is 408 g/mol. The Morgan fingerprint density at radius 2 is 1.87 bits per heavy atom. The highest BCUT2D eigenvalue weighted by molar-refractivity contribution is 6.10. The molecule has 1 aliphatic rings. The van der Waals surface area contributed by atoms with E-state index in [1.807, 2.05) is 50.2 Å². The van der Waals surface area contributed by atoms with Crippen LogP contribution in [0, 0.1) is 13.8 Å². The van der Waals surface area contributed by atoms with Crippen molar-refractivity contribution < 1.29 is 9.53 Å². The Labute approximate surface area is 179 Å². The molecule has 6 heteroatoms. The SMILES string of the molecule is CCc1ccccc1NC(=NCCN1CCOCC1)NC(=O)c1ccc(C)c(C)c1. The van der Waals surface area contributed by atoms with Gasteiger partial charge in [0.1, 0.15) is 0 Å². The maximum atomic E-state index is 12.9. The van der Waals surface area contributed by atoms with Crippen LogP contribution in [0.3, 0.4) is 0 Å². The van der Waals surface area contributed by atoms with Gasteiger partial charge in [0.05, 0.1) is 19.8 Å². The second-order valence-corrected chi connectivity index (χ2v) is 7.57. The molecule has 2 N–H and O–H groups in total. The number of amides is 1. The number of para-hydroxylation sites is 1. The first-order valence-electron chi connectivity index (χ1n) is 10.6. The number of nitrogens with one attached hydrogen (secondary N) is 2. The zero-order valence-electron chi connectivity index (χ0n) is 18.2. The van der Waals surface area contributed by atoms with Crippen molar-refractivity contribution in [3.05, 3.63) is 64.7 Å². The fourth-order valence-electron chi connectivity index (χ4n) is 3.38. The molecule has 0 aromatic heterocycles. The van der Waals surface area contributed by atoms with Crippen molar-refractivity contribution in [2.24, 2.45) is 4.99 Å². The van der Waals surface area contributed by atoms with Gasteiger partial charge in [-0.05, 0) is 55.2 Å². The molecule has 0 radical (unpaired) electrons. The topological polar surface area (TPSA) is 66.0 Å². The summed E-state index contributed by atoms with van der Waals surface area (Å²) in [6.07, 6.45) is 0.898. The lowest BCUT2D eigenvalue weighted by molar-refractivity contribution is 0.0394. The quantitative estimate of drug-likeness (QED) is 0.568. The summed E-state index contributed by atoms with van der Waals surface area (Å²) in [7, 11) is 0. The lowest BCUT2D eigenvalue weighted by atomic mass is 10.1. The number of hydrogen-bond donors (Lipinski definition) is 2. The molecule has 0 atom stereocenters. The summed E-state index contributed by atoms with van der Waals surface area (Å²) in [6, 6.07) is 13.8. The van der Waals surface area contributed by atoms with Crippen LogP contribution in [-0.4, -0.2) is 56.2 Å². The standard InChI is InChI=1S/C24H32N4O2/c1-4-20-7-5-6-8-22(20)26-24(25-11-12-28-13-15-30-16-14-28)27-23(29)21-10-9-18(2)19(3)17-21/h5-10,17H,4,11-16H2,1-3H3,(H2,25,26,27,29). The highest BCUT2D eigenvalue weighted by atomic mass is 16.5. The molecule has 6 nitrogen and oxygen atoms in total. The van der Waals surface area contributed by atoms with E-state index in [9.17, 15) is 4.79 Å². The third-order valence-corrected chi connectivity index (χ3v) is 5.44. The largest absolute Gasteiger partial charge is 0.379 e. The molecular weight excluding hydrogens is 376 g/mol. The van der Waals surface area contributed by atoms with E-state index in [0.717, 1.165) is 50.5 Å². The Balaban J connectivity index is 1.74. The Hall–Kier alpha value is -2.70. The number of carbonyl (C=O) groups is 1. The van der Waals surface area contributed by atoms with Crippen LogP contribution in [0.5, 0.6) is 0 Å². The van der Waals surface area contributed by atoms with Gasteiger partial charge < -0.3 is 10.1 Å². The number of carbonyl (C=O) groups excluding carboxylic acids is 1. The molecule has 0 saturated carbocycles. The number of aryl methyl sites for hydroxylation is 3. The van der Waals surface area contributed by atoms with E-state index >= 15 is 0 Å². The first-order chi connectivity index (χ1) is 14.6. The average Bonchev–Trinajstić information content (AvgIpc) is 2.76. The van der Waals surface area contributed by atoms with Crippen LogP contribution >= 0.6 is 0 Å². The van der Waals surface area contributed by atoms with Gasteiger partial charge in [-0.2, -0.15) is 0 Å². The van der Waals surface area contributed by atoms with Crippen LogP contribution < -0.4 is 10.6 Å². The van der Waals surface area contributed by atoms with E-state index in [1.54, 1.807) is 0 Å². The van der Waals surface area contributed by atoms with Crippen molar-refractivity contribution in [2.75, 3.05) is 44.7 Å². The van der Waals surface area contributed by atoms with Crippen molar-refractivity contribution in [1.82, 2.24) is 10.2 Å². The Morgan fingerprint density at radius 1 is 1.10 bits per heavy atom. The molecule has 30 heavy (non-hydrogen) atoms. The minimum Gasteiger partial charge on any atom is -0.379 e. The number of ether oxygens (including phenoxy) is 1. The number of rotatable bonds is 6. The summed E-state index contributed by atoms with van der Waals surface area (Å²) in [5.41, 5.74) is 5.03. The maximum absolute atomic E-state index is 12.9. The van der Waals surface area contributed by atoms with Gasteiger partial charge in [-0.3, -0.25) is 20.0 Å². The number of aliphatic imine (C=N–C) groups is 1. The second kappa shape index (κ2) is 10.9. The van der Waals surface area contributed by atoms with Crippen LogP contribution in [0.25, 0.3) is 0 Å². The van der Waals surface area contributed by atoms with Gasteiger partial charge in [0.15, 0.2) is 0 Å². The highest BCUT2D eigenvalue weighted by Crippen LogP contribution is 2.15. The van der Waals surface area contributed by atoms with Crippen LogP contribution in [-0.2, 0) is 11.2 Å².